The molecule has 18 heavy (non-hydrogen) atoms. The van der Waals surface area contributed by atoms with E-state index in [9.17, 15) is 9.59 Å². The van der Waals surface area contributed by atoms with Crippen molar-refractivity contribution in [1.82, 2.24) is 16.0 Å². The summed E-state index contributed by atoms with van der Waals surface area (Å²) in [7, 11) is 0. The van der Waals surface area contributed by atoms with Crippen molar-refractivity contribution < 1.29 is 9.59 Å². The van der Waals surface area contributed by atoms with Crippen molar-refractivity contribution in [1.29, 1.82) is 0 Å². The van der Waals surface area contributed by atoms with Gasteiger partial charge < -0.3 is 10.6 Å². The quantitative estimate of drug-likeness (QED) is 0.709. The molecule has 0 spiro atoms. The minimum atomic E-state index is -0.505. The first-order valence-corrected chi connectivity index (χ1v) is 6.88. The Morgan fingerprint density at radius 2 is 2.00 bits per heavy atom. The standard InChI is InChI=1S/C11H21N3O2S.ClH/c1-7(9(15)14-11(2,3)4)13-10(16)8-5-17-6-12-8;/h7-8,12H,5-6H2,1-4H3,(H,13,16)(H,14,15);1H. The van der Waals surface area contributed by atoms with Crippen LogP contribution in [0.3, 0.4) is 0 Å². The van der Waals surface area contributed by atoms with Crippen molar-refractivity contribution in [2.75, 3.05) is 11.6 Å². The van der Waals surface area contributed by atoms with Crippen LogP contribution in [-0.4, -0.2) is 41.1 Å². The minimum absolute atomic E-state index is 0. The van der Waals surface area contributed by atoms with Gasteiger partial charge in [0, 0.05) is 17.2 Å². The second-order valence-electron chi connectivity index (χ2n) is 5.24. The molecular weight excluding hydrogens is 274 g/mol. The van der Waals surface area contributed by atoms with Gasteiger partial charge in [-0.1, -0.05) is 0 Å². The SMILES string of the molecule is CC(NC(=O)C1CSCN1)C(=O)NC(C)(C)C.Cl. The second kappa shape index (κ2) is 7.21. The smallest absolute Gasteiger partial charge is 0.242 e. The van der Waals surface area contributed by atoms with Crippen LogP contribution < -0.4 is 16.0 Å². The summed E-state index contributed by atoms with van der Waals surface area (Å²) in [5.41, 5.74) is -0.280. The van der Waals surface area contributed by atoms with E-state index in [1.54, 1.807) is 18.7 Å². The summed E-state index contributed by atoms with van der Waals surface area (Å²) in [5, 5.41) is 8.62. The summed E-state index contributed by atoms with van der Waals surface area (Å²) < 4.78 is 0. The van der Waals surface area contributed by atoms with Crippen LogP contribution in [-0.2, 0) is 9.59 Å². The molecule has 0 aromatic rings. The van der Waals surface area contributed by atoms with E-state index >= 15 is 0 Å². The lowest BCUT2D eigenvalue weighted by molar-refractivity contribution is -0.130. The molecule has 1 saturated heterocycles. The second-order valence-corrected chi connectivity index (χ2v) is 6.27. The number of halogens is 1. The molecule has 5 nitrogen and oxygen atoms in total. The predicted octanol–water partition coefficient (Wildman–Crippen LogP) is 0.490. The lowest BCUT2D eigenvalue weighted by Gasteiger charge is -2.24. The summed E-state index contributed by atoms with van der Waals surface area (Å²) in [6, 6.07) is -0.681. The maximum atomic E-state index is 11.8. The molecule has 1 fully saturated rings. The first-order chi connectivity index (χ1) is 7.79. The zero-order valence-electron chi connectivity index (χ0n) is 11.2. The van der Waals surface area contributed by atoms with E-state index in [-0.39, 0.29) is 35.8 Å². The van der Waals surface area contributed by atoms with Gasteiger partial charge in [-0.2, -0.15) is 0 Å². The van der Waals surface area contributed by atoms with Crippen molar-refractivity contribution in [3.8, 4) is 0 Å². The van der Waals surface area contributed by atoms with Crippen molar-refractivity contribution in [2.24, 2.45) is 0 Å². The Labute approximate surface area is 119 Å². The number of nitrogens with one attached hydrogen (secondary N) is 3. The van der Waals surface area contributed by atoms with Gasteiger partial charge in [-0.15, -0.1) is 24.2 Å². The zero-order chi connectivity index (χ0) is 13.1. The Morgan fingerprint density at radius 1 is 1.39 bits per heavy atom. The predicted molar refractivity (Wildman–Crippen MR) is 77.0 cm³/mol. The number of carbonyl (C=O) groups excluding carboxylic acids is 2. The van der Waals surface area contributed by atoms with Gasteiger partial charge in [0.05, 0.1) is 6.04 Å². The molecule has 0 aromatic heterocycles. The van der Waals surface area contributed by atoms with Gasteiger partial charge in [0.15, 0.2) is 0 Å². The molecule has 3 N–H and O–H groups in total. The minimum Gasteiger partial charge on any atom is -0.350 e. The Balaban J connectivity index is 0.00000289. The number of amides is 2. The molecule has 0 saturated carbocycles. The van der Waals surface area contributed by atoms with Gasteiger partial charge in [-0.25, -0.2) is 0 Å². The molecule has 7 heteroatoms. The lowest BCUT2D eigenvalue weighted by Crippen LogP contribution is -2.54. The van der Waals surface area contributed by atoms with E-state index in [4.69, 9.17) is 0 Å². The number of carbonyl (C=O) groups is 2. The Hall–Kier alpha value is -0.460. The van der Waals surface area contributed by atoms with E-state index in [2.05, 4.69) is 16.0 Å². The summed E-state index contributed by atoms with van der Waals surface area (Å²) in [5.74, 6) is 1.29. The van der Waals surface area contributed by atoms with Gasteiger partial charge in [0.1, 0.15) is 6.04 Å². The highest BCUT2D eigenvalue weighted by Crippen LogP contribution is 2.09. The van der Waals surface area contributed by atoms with Gasteiger partial charge in [-0.05, 0) is 27.7 Å². The third-order valence-electron chi connectivity index (χ3n) is 2.28. The maximum absolute atomic E-state index is 11.8. The molecule has 1 aliphatic rings. The Bertz CT molecular complexity index is 301. The van der Waals surface area contributed by atoms with Crippen molar-refractivity contribution in [3.63, 3.8) is 0 Å². The monoisotopic (exact) mass is 295 g/mol. The van der Waals surface area contributed by atoms with E-state index in [0.717, 1.165) is 11.6 Å². The Morgan fingerprint density at radius 3 is 2.44 bits per heavy atom. The number of hydrogen-bond donors (Lipinski definition) is 3. The first kappa shape index (κ1) is 17.5. The molecule has 2 unspecified atom stereocenters. The van der Waals surface area contributed by atoms with Crippen LogP contribution in [0.4, 0.5) is 0 Å². The van der Waals surface area contributed by atoms with Gasteiger partial charge in [0.2, 0.25) is 11.8 Å². The molecular formula is C11H22ClN3O2S. The summed E-state index contributed by atoms with van der Waals surface area (Å²) >= 11 is 1.68. The van der Waals surface area contributed by atoms with Crippen LogP contribution in [0.15, 0.2) is 0 Å². The van der Waals surface area contributed by atoms with Crippen LogP contribution in [0.5, 0.6) is 0 Å². The maximum Gasteiger partial charge on any atom is 0.242 e. The van der Waals surface area contributed by atoms with E-state index in [0.29, 0.717) is 0 Å². The molecule has 0 radical (unpaired) electrons. The highest BCUT2D eigenvalue weighted by molar-refractivity contribution is 7.99. The topological polar surface area (TPSA) is 70.2 Å². The van der Waals surface area contributed by atoms with Crippen LogP contribution in [0.2, 0.25) is 0 Å². The molecule has 2 amide bonds. The van der Waals surface area contributed by atoms with E-state index < -0.39 is 6.04 Å². The Kier molecular flexibility index (Phi) is 7.02. The third-order valence-corrected chi connectivity index (χ3v) is 3.22. The number of rotatable bonds is 3. The van der Waals surface area contributed by atoms with Crippen LogP contribution in [0.25, 0.3) is 0 Å². The van der Waals surface area contributed by atoms with E-state index in [1.165, 1.54) is 0 Å². The fraction of sp³-hybridized carbons (Fsp3) is 0.818. The first-order valence-electron chi connectivity index (χ1n) is 5.73. The summed E-state index contributed by atoms with van der Waals surface area (Å²) in [4.78, 5) is 23.5. The number of thioether (sulfide) groups is 1. The van der Waals surface area contributed by atoms with Gasteiger partial charge >= 0.3 is 0 Å². The zero-order valence-corrected chi connectivity index (χ0v) is 12.8. The van der Waals surface area contributed by atoms with Crippen molar-refractivity contribution in [2.45, 2.75) is 45.3 Å². The fourth-order valence-corrected chi connectivity index (χ4v) is 2.36. The third kappa shape index (κ3) is 5.93. The lowest BCUT2D eigenvalue weighted by atomic mass is 10.1. The van der Waals surface area contributed by atoms with E-state index in [1.807, 2.05) is 20.8 Å². The van der Waals surface area contributed by atoms with Crippen LogP contribution in [0, 0.1) is 0 Å². The number of hydrogen-bond acceptors (Lipinski definition) is 4. The molecule has 0 aliphatic carbocycles. The van der Waals surface area contributed by atoms with Gasteiger partial charge in [0.25, 0.3) is 0 Å². The average Bonchev–Trinajstić information content (AvgIpc) is 2.67. The highest BCUT2D eigenvalue weighted by atomic mass is 35.5. The fourth-order valence-electron chi connectivity index (χ4n) is 1.42. The van der Waals surface area contributed by atoms with Crippen molar-refractivity contribution >= 4 is 36.0 Å². The van der Waals surface area contributed by atoms with Crippen molar-refractivity contribution in [3.05, 3.63) is 0 Å². The molecule has 1 rings (SSSR count). The van der Waals surface area contributed by atoms with Crippen LogP contribution >= 0.6 is 24.2 Å². The largest absolute Gasteiger partial charge is 0.350 e. The average molecular weight is 296 g/mol. The molecule has 106 valence electrons. The van der Waals surface area contributed by atoms with Gasteiger partial charge in [-0.3, -0.25) is 14.9 Å². The summed E-state index contributed by atoms with van der Waals surface area (Å²) in [6.07, 6.45) is 0. The normalized spacial score (nSPS) is 20.8. The summed E-state index contributed by atoms with van der Waals surface area (Å²) in [6.45, 7) is 7.43. The molecule has 1 aliphatic heterocycles. The molecule has 0 aromatic carbocycles. The van der Waals surface area contributed by atoms with Crippen LogP contribution in [0.1, 0.15) is 27.7 Å². The highest BCUT2D eigenvalue weighted by Gasteiger charge is 2.26. The molecule has 1 heterocycles. The molecule has 2 atom stereocenters. The molecule has 0 bridgehead atoms.